The van der Waals surface area contributed by atoms with Gasteiger partial charge in [0.15, 0.2) is 0 Å². The summed E-state index contributed by atoms with van der Waals surface area (Å²) in [5.74, 6) is -0.583. The highest BCUT2D eigenvalue weighted by Crippen LogP contribution is 2.25. The van der Waals surface area contributed by atoms with Gasteiger partial charge in [-0.1, -0.05) is 85.6 Å². The van der Waals surface area contributed by atoms with Crippen LogP contribution in [0.25, 0.3) is 0 Å². The molecule has 3 aromatic carbocycles. The highest BCUT2D eigenvalue weighted by atomic mass is 35.5. The van der Waals surface area contributed by atoms with Crippen molar-refractivity contribution in [1.29, 1.82) is 0 Å². The summed E-state index contributed by atoms with van der Waals surface area (Å²) in [5, 5.41) is 3.48. The SMILES string of the molecule is Cc1ccc(N(CC(=O)N(Cc2cccc(Cl)c2)[C@@H](Cc2ccccc2)C(=O)NCC(C)C)S(C)(=O)=O)c(C)c1. The van der Waals surface area contributed by atoms with Gasteiger partial charge in [0.1, 0.15) is 12.6 Å². The second-order valence-electron chi connectivity index (χ2n) is 10.6. The predicted octanol–water partition coefficient (Wildman–Crippen LogP) is 5.14. The van der Waals surface area contributed by atoms with Crippen LogP contribution in [0, 0.1) is 19.8 Å². The first-order valence-electron chi connectivity index (χ1n) is 13.3. The van der Waals surface area contributed by atoms with E-state index in [0.29, 0.717) is 17.3 Å². The van der Waals surface area contributed by atoms with Crippen LogP contribution in [0.3, 0.4) is 0 Å². The van der Waals surface area contributed by atoms with Crippen LogP contribution in [0.2, 0.25) is 5.02 Å². The molecule has 0 aliphatic rings. The second-order valence-corrected chi connectivity index (χ2v) is 12.9. The minimum absolute atomic E-state index is 0.0798. The fourth-order valence-corrected chi connectivity index (χ4v) is 5.61. The van der Waals surface area contributed by atoms with E-state index in [1.54, 1.807) is 24.3 Å². The van der Waals surface area contributed by atoms with E-state index < -0.39 is 28.5 Å². The van der Waals surface area contributed by atoms with E-state index in [1.165, 1.54) is 4.90 Å². The fraction of sp³-hybridized carbons (Fsp3) is 0.355. The molecule has 214 valence electrons. The molecule has 0 spiro atoms. The van der Waals surface area contributed by atoms with Gasteiger partial charge in [-0.05, 0) is 54.7 Å². The molecule has 0 aliphatic heterocycles. The summed E-state index contributed by atoms with van der Waals surface area (Å²) in [7, 11) is -3.82. The average Bonchev–Trinajstić information content (AvgIpc) is 2.88. The summed E-state index contributed by atoms with van der Waals surface area (Å²) in [4.78, 5) is 29.2. The van der Waals surface area contributed by atoms with Gasteiger partial charge in [0.05, 0.1) is 11.9 Å². The molecule has 0 saturated heterocycles. The molecule has 1 atom stereocenters. The van der Waals surface area contributed by atoms with Crippen LogP contribution in [0.5, 0.6) is 0 Å². The van der Waals surface area contributed by atoms with Gasteiger partial charge in [0.25, 0.3) is 0 Å². The van der Waals surface area contributed by atoms with Gasteiger partial charge in [-0.2, -0.15) is 0 Å². The third-order valence-electron chi connectivity index (χ3n) is 6.50. The first-order valence-corrected chi connectivity index (χ1v) is 15.5. The number of halogens is 1. The Kier molecular flexibility index (Phi) is 10.8. The molecule has 0 aromatic heterocycles. The summed E-state index contributed by atoms with van der Waals surface area (Å²) in [5.41, 5.74) is 3.75. The molecule has 3 aromatic rings. The van der Waals surface area contributed by atoms with Crippen LogP contribution >= 0.6 is 11.6 Å². The van der Waals surface area contributed by atoms with Gasteiger partial charge in [-0.15, -0.1) is 0 Å². The number of hydrogen-bond acceptors (Lipinski definition) is 4. The molecular formula is C31H38ClN3O4S. The van der Waals surface area contributed by atoms with E-state index in [4.69, 9.17) is 11.6 Å². The molecule has 0 radical (unpaired) electrons. The molecule has 0 unspecified atom stereocenters. The molecule has 1 N–H and O–H groups in total. The number of rotatable bonds is 12. The Morgan fingerprint density at radius 3 is 2.20 bits per heavy atom. The van der Waals surface area contributed by atoms with Gasteiger partial charge in [0, 0.05) is 24.5 Å². The van der Waals surface area contributed by atoms with Crippen LogP contribution in [0.15, 0.2) is 72.8 Å². The lowest BCUT2D eigenvalue weighted by Crippen LogP contribution is -2.53. The third kappa shape index (κ3) is 8.83. The van der Waals surface area contributed by atoms with Crippen molar-refractivity contribution < 1.29 is 18.0 Å². The number of nitrogens with zero attached hydrogens (tertiary/aromatic N) is 2. The van der Waals surface area contributed by atoms with Crippen molar-refractivity contribution >= 4 is 39.1 Å². The third-order valence-corrected chi connectivity index (χ3v) is 7.86. The van der Waals surface area contributed by atoms with Gasteiger partial charge in [0.2, 0.25) is 21.8 Å². The number of nitrogens with one attached hydrogen (secondary N) is 1. The van der Waals surface area contributed by atoms with Crippen molar-refractivity contribution in [2.75, 3.05) is 23.7 Å². The number of carbonyl (C=O) groups is 2. The molecule has 0 bridgehead atoms. The number of hydrogen-bond donors (Lipinski definition) is 1. The maximum absolute atomic E-state index is 14.1. The lowest BCUT2D eigenvalue weighted by molar-refractivity contribution is -0.140. The van der Waals surface area contributed by atoms with E-state index in [-0.39, 0.29) is 24.8 Å². The number of aryl methyl sites for hydroxylation is 2. The van der Waals surface area contributed by atoms with Crippen LogP contribution in [-0.4, -0.2) is 50.5 Å². The van der Waals surface area contributed by atoms with Gasteiger partial charge < -0.3 is 10.2 Å². The number of amides is 2. The molecule has 0 saturated carbocycles. The topological polar surface area (TPSA) is 86.8 Å². The minimum atomic E-state index is -3.82. The minimum Gasteiger partial charge on any atom is -0.354 e. The number of carbonyl (C=O) groups excluding carboxylic acids is 2. The monoisotopic (exact) mass is 583 g/mol. The second kappa shape index (κ2) is 13.8. The molecular weight excluding hydrogens is 546 g/mol. The normalized spacial score (nSPS) is 12.2. The van der Waals surface area contributed by atoms with Gasteiger partial charge in [-0.3, -0.25) is 13.9 Å². The van der Waals surface area contributed by atoms with Crippen molar-refractivity contribution in [3.63, 3.8) is 0 Å². The highest BCUT2D eigenvalue weighted by Gasteiger charge is 2.33. The first kappa shape index (κ1) is 31.2. The summed E-state index contributed by atoms with van der Waals surface area (Å²) >= 11 is 6.25. The zero-order valence-corrected chi connectivity index (χ0v) is 25.3. The van der Waals surface area contributed by atoms with Crippen LogP contribution in [0.4, 0.5) is 5.69 Å². The number of benzene rings is 3. The quantitative estimate of drug-likeness (QED) is 0.320. The summed E-state index contributed by atoms with van der Waals surface area (Å²) in [6, 6.07) is 21.1. The van der Waals surface area contributed by atoms with Crippen molar-refractivity contribution in [3.8, 4) is 0 Å². The maximum atomic E-state index is 14.1. The highest BCUT2D eigenvalue weighted by molar-refractivity contribution is 7.92. The standard InChI is InChI=1S/C31H38ClN3O4S/c1-22(2)19-33-31(37)29(18-25-10-7-6-8-11-25)34(20-26-12-9-13-27(32)17-26)30(36)21-35(40(5,38)39)28-15-14-23(3)16-24(28)4/h6-17,22,29H,18-21H2,1-5H3,(H,33,37)/t29-/m0/s1. The zero-order chi connectivity index (χ0) is 29.4. The fourth-order valence-electron chi connectivity index (χ4n) is 4.49. The Hall–Kier alpha value is -3.36. The molecule has 0 heterocycles. The number of sulfonamides is 1. The Morgan fingerprint density at radius 1 is 0.925 bits per heavy atom. The smallest absolute Gasteiger partial charge is 0.244 e. The molecule has 40 heavy (non-hydrogen) atoms. The van der Waals surface area contributed by atoms with E-state index >= 15 is 0 Å². The lowest BCUT2D eigenvalue weighted by Gasteiger charge is -2.34. The van der Waals surface area contributed by atoms with Crippen molar-refractivity contribution in [3.05, 3.63) is 100 Å². The molecule has 0 fully saturated rings. The molecule has 2 amide bonds. The van der Waals surface area contributed by atoms with Crippen LogP contribution < -0.4 is 9.62 Å². The van der Waals surface area contributed by atoms with Crippen LogP contribution in [0.1, 0.15) is 36.1 Å². The summed E-state index contributed by atoms with van der Waals surface area (Å²) in [6.07, 6.45) is 1.34. The summed E-state index contributed by atoms with van der Waals surface area (Å²) < 4.78 is 27.0. The Balaban J connectivity index is 2.07. The van der Waals surface area contributed by atoms with Gasteiger partial charge in [-0.25, -0.2) is 8.42 Å². The Bertz CT molecular complexity index is 1430. The van der Waals surface area contributed by atoms with E-state index in [2.05, 4.69) is 5.32 Å². The van der Waals surface area contributed by atoms with E-state index in [0.717, 1.165) is 32.8 Å². The van der Waals surface area contributed by atoms with Crippen molar-refractivity contribution in [2.45, 2.75) is 46.7 Å². The lowest BCUT2D eigenvalue weighted by atomic mass is 10.0. The number of anilines is 1. The van der Waals surface area contributed by atoms with E-state index in [1.807, 2.05) is 76.2 Å². The first-order chi connectivity index (χ1) is 18.8. The van der Waals surface area contributed by atoms with E-state index in [9.17, 15) is 18.0 Å². The Morgan fingerprint density at radius 2 is 1.60 bits per heavy atom. The zero-order valence-electron chi connectivity index (χ0n) is 23.7. The maximum Gasteiger partial charge on any atom is 0.244 e. The predicted molar refractivity (Wildman–Crippen MR) is 162 cm³/mol. The molecule has 3 rings (SSSR count). The van der Waals surface area contributed by atoms with Crippen molar-refractivity contribution in [2.24, 2.45) is 5.92 Å². The Labute approximate surface area is 243 Å². The molecule has 0 aliphatic carbocycles. The molecule has 7 nitrogen and oxygen atoms in total. The molecule has 9 heteroatoms. The van der Waals surface area contributed by atoms with Gasteiger partial charge >= 0.3 is 0 Å². The summed E-state index contributed by atoms with van der Waals surface area (Å²) in [6.45, 7) is 7.80. The van der Waals surface area contributed by atoms with Crippen LogP contribution in [-0.2, 0) is 32.6 Å². The largest absolute Gasteiger partial charge is 0.354 e. The average molecular weight is 584 g/mol. The van der Waals surface area contributed by atoms with Crippen molar-refractivity contribution in [1.82, 2.24) is 10.2 Å².